The summed E-state index contributed by atoms with van der Waals surface area (Å²) >= 11 is 0. The van der Waals surface area contributed by atoms with Crippen LogP contribution < -0.4 is 9.47 Å². The summed E-state index contributed by atoms with van der Waals surface area (Å²) in [6.07, 6.45) is 0. The van der Waals surface area contributed by atoms with Crippen molar-refractivity contribution in [2.45, 2.75) is 20.8 Å². The normalized spacial score (nSPS) is 10.1. The molecular formula is C14H21NO3. The Bertz CT molecular complexity index is 425. The molecule has 100 valence electrons. The summed E-state index contributed by atoms with van der Waals surface area (Å²) in [5, 5.41) is 0. The average molecular weight is 251 g/mol. The molecule has 0 radical (unpaired) electrons. The minimum absolute atomic E-state index is 0.0115. The van der Waals surface area contributed by atoms with Crippen molar-refractivity contribution in [3.05, 3.63) is 23.3 Å². The number of benzene rings is 1. The van der Waals surface area contributed by atoms with E-state index in [1.807, 2.05) is 26.8 Å². The highest BCUT2D eigenvalue weighted by Gasteiger charge is 2.19. The molecule has 1 aromatic carbocycles. The van der Waals surface area contributed by atoms with Crippen molar-refractivity contribution in [3.63, 3.8) is 0 Å². The molecular weight excluding hydrogens is 230 g/mol. The van der Waals surface area contributed by atoms with Crippen molar-refractivity contribution in [3.8, 4) is 11.5 Å². The molecule has 4 nitrogen and oxygen atoms in total. The molecule has 0 heterocycles. The van der Waals surface area contributed by atoms with Crippen LogP contribution in [-0.2, 0) is 0 Å². The fourth-order valence-electron chi connectivity index (χ4n) is 1.91. The van der Waals surface area contributed by atoms with Crippen LogP contribution >= 0.6 is 0 Å². The van der Waals surface area contributed by atoms with Crippen LogP contribution in [0.4, 0.5) is 0 Å². The third-order valence-electron chi connectivity index (χ3n) is 3.00. The second-order valence-electron chi connectivity index (χ2n) is 4.00. The molecule has 0 N–H and O–H groups in total. The largest absolute Gasteiger partial charge is 0.496 e. The number of carbonyl (C=O) groups excluding carboxylic acids is 1. The summed E-state index contributed by atoms with van der Waals surface area (Å²) in [6, 6.07) is 3.57. The van der Waals surface area contributed by atoms with E-state index in [4.69, 9.17) is 9.47 Å². The van der Waals surface area contributed by atoms with E-state index in [2.05, 4.69) is 0 Å². The first-order chi connectivity index (χ1) is 8.58. The van der Waals surface area contributed by atoms with E-state index >= 15 is 0 Å². The van der Waals surface area contributed by atoms with Crippen LogP contribution in [0.5, 0.6) is 11.5 Å². The Morgan fingerprint density at radius 3 is 2.11 bits per heavy atom. The molecule has 0 unspecified atom stereocenters. The van der Waals surface area contributed by atoms with Gasteiger partial charge in [0.15, 0.2) is 0 Å². The van der Waals surface area contributed by atoms with Gasteiger partial charge in [-0.1, -0.05) is 0 Å². The summed E-state index contributed by atoms with van der Waals surface area (Å²) in [5.41, 5.74) is 1.51. The zero-order valence-corrected chi connectivity index (χ0v) is 11.7. The number of carbonyl (C=O) groups is 1. The number of amides is 1. The highest BCUT2D eigenvalue weighted by molar-refractivity contribution is 5.97. The molecule has 18 heavy (non-hydrogen) atoms. The van der Waals surface area contributed by atoms with E-state index in [0.29, 0.717) is 24.4 Å². The fraction of sp³-hybridized carbons (Fsp3) is 0.500. The van der Waals surface area contributed by atoms with Crippen LogP contribution in [0.15, 0.2) is 12.1 Å². The number of methoxy groups -OCH3 is 2. The smallest absolute Gasteiger partial charge is 0.257 e. The monoisotopic (exact) mass is 251 g/mol. The number of ether oxygens (including phenoxy) is 2. The van der Waals surface area contributed by atoms with E-state index in [1.165, 1.54) is 0 Å². The predicted octanol–water partition coefficient (Wildman–Crippen LogP) is 2.49. The summed E-state index contributed by atoms with van der Waals surface area (Å²) in [7, 11) is 3.16. The summed E-state index contributed by atoms with van der Waals surface area (Å²) < 4.78 is 10.5. The topological polar surface area (TPSA) is 38.8 Å². The van der Waals surface area contributed by atoms with Gasteiger partial charge in [-0.15, -0.1) is 0 Å². The highest BCUT2D eigenvalue weighted by Crippen LogP contribution is 2.29. The van der Waals surface area contributed by atoms with Crippen molar-refractivity contribution >= 4 is 5.91 Å². The number of rotatable bonds is 5. The molecule has 0 spiro atoms. The first kappa shape index (κ1) is 14.4. The highest BCUT2D eigenvalue weighted by atomic mass is 16.5. The van der Waals surface area contributed by atoms with Gasteiger partial charge in [-0.05, 0) is 32.4 Å². The number of nitrogens with zero attached hydrogens (tertiary/aromatic N) is 1. The molecule has 1 rings (SSSR count). The van der Waals surface area contributed by atoms with Gasteiger partial charge in [0.2, 0.25) is 0 Å². The minimum atomic E-state index is -0.0115. The van der Waals surface area contributed by atoms with Gasteiger partial charge in [-0.2, -0.15) is 0 Å². The standard InChI is InChI=1S/C14H21NO3/c1-6-15(7-2)14(16)11-8-10(3)12(17-4)9-13(11)18-5/h8-9H,6-7H2,1-5H3. The predicted molar refractivity (Wildman–Crippen MR) is 71.5 cm³/mol. The fourth-order valence-corrected chi connectivity index (χ4v) is 1.91. The van der Waals surface area contributed by atoms with Crippen LogP contribution in [0.25, 0.3) is 0 Å². The average Bonchev–Trinajstić information content (AvgIpc) is 2.39. The van der Waals surface area contributed by atoms with E-state index in [9.17, 15) is 4.79 Å². The molecule has 0 aliphatic rings. The molecule has 0 atom stereocenters. The van der Waals surface area contributed by atoms with Gasteiger partial charge in [-0.3, -0.25) is 4.79 Å². The van der Waals surface area contributed by atoms with E-state index in [1.54, 1.807) is 25.2 Å². The zero-order valence-electron chi connectivity index (χ0n) is 11.7. The lowest BCUT2D eigenvalue weighted by atomic mass is 10.1. The van der Waals surface area contributed by atoms with Crippen LogP contribution in [0, 0.1) is 6.92 Å². The molecule has 4 heteroatoms. The molecule has 0 saturated heterocycles. The summed E-state index contributed by atoms with van der Waals surface area (Å²) in [4.78, 5) is 14.1. The van der Waals surface area contributed by atoms with Crippen LogP contribution in [0.2, 0.25) is 0 Å². The Hall–Kier alpha value is -1.71. The van der Waals surface area contributed by atoms with Gasteiger partial charge < -0.3 is 14.4 Å². The van der Waals surface area contributed by atoms with Crippen molar-refractivity contribution in [1.82, 2.24) is 4.90 Å². The van der Waals surface area contributed by atoms with E-state index in [0.717, 1.165) is 11.3 Å². The quantitative estimate of drug-likeness (QED) is 0.807. The van der Waals surface area contributed by atoms with Gasteiger partial charge in [0.1, 0.15) is 11.5 Å². The van der Waals surface area contributed by atoms with Gasteiger partial charge in [0, 0.05) is 19.2 Å². The van der Waals surface area contributed by atoms with Crippen molar-refractivity contribution < 1.29 is 14.3 Å². The maximum absolute atomic E-state index is 12.3. The second-order valence-corrected chi connectivity index (χ2v) is 4.00. The maximum atomic E-state index is 12.3. The van der Waals surface area contributed by atoms with Gasteiger partial charge in [0.25, 0.3) is 5.91 Å². The first-order valence-corrected chi connectivity index (χ1v) is 6.10. The van der Waals surface area contributed by atoms with Crippen molar-refractivity contribution in [1.29, 1.82) is 0 Å². The molecule has 0 aromatic heterocycles. The first-order valence-electron chi connectivity index (χ1n) is 6.10. The summed E-state index contributed by atoms with van der Waals surface area (Å²) in [6.45, 7) is 7.21. The number of hydrogen-bond donors (Lipinski definition) is 0. The van der Waals surface area contributed by atoms with E-state index < -0.39 is 0 Å². The number of hydrogen-bond acceptors (Lipinski definition) is 3. The molecule has 0 aliphatic carbocycles. The van der Waals surface area contributed by atoms with Crippen LogP contribution in [0.3, 0.4) is 0 Å². The zero-order chi connectivity index (χ0) is 13.7. The SMILES string of the molecule is CCN(CC)C(=O)c1cc(C)c(OC)cc1OC. The molecule has 0 saturated carbocycles. The van der Waals surface area contributed by atoms with E-state index in [-0.39, 0.29) is 5.91 Å². The van der Waals surface area contributed by atoms with Gasteiger partial charge in [-0.25, -0.2) is 0 Å². The molecule has 1 aromatic rings. The Morgan fingerprint density at radius 2 is 1.67 bits per heavy atom. The van der Waals surface area contributed by atoms with Gasteiger partial charge >= 0.3 is 0 Å². The van der Waals surface area contributed by atoms with Gasteiger partial charge in [0.05, 0.1) is 19.8 Å². The molecule has 0 bridgehead atoms. The minimum Gasteiger partial charge on any atom is -0.496 e. The Kier molecular flexibility index (Phi) is 5.01. The van der Waals surface area contributed by atoms with Crippen LogP contribution in [0.1, 0.15) is 29.8 Å². The second kappa shape index (κ2) is 6.28. The Balaban J connectivity index is 3.23. The van der Waals surface area contributed by atoms with Crippen molar-refractivity contribution in [2.24, 2.45) is 0 Å². The lowest BCUT2D eigenvalue weighted by molar-refractivity contribution is 0.0769. The van der Waals surface area contributed by atoms with Crippen LogP contribution in [-0.4, -0.2) is 38.1 Å². The molecule has 1 amide bonds. The number of aryl methyl sites for hydroxylation is 1. The third-order valence-corrected chi connectivity index (χ3v) is 3.00. The maximum Gasteiger partial charge on any atom is 0.257 e. The Morgan fingerprint density at radius 1 is 1.11 bits per heavy atom. The molecule has 0 fully saturated rings. The van der Waals surface area contributed by atoms with Crippen molar-refractivity contribution in [2.75, 3.05) is 27.3 Å². The lowest BCUT2D eigenvalue weighted by Crippen LogP contribution is -2.30. The summed E-state index contributed by atoms with van der Waals surface area (Å²) in [5.74, 6) is 1.26. The third kappa shape index (κ3) is 2.75. The lowest BCUT2D eigenvalue weighted by Gasteiger charge is -2.21. The Labute approximate surface area is 108 Å². The molecule has 0 aliphatic heterocycles.